The minimum absolute atomic E-state index is 0.170. The molecule has 7 nitrogen and oxygen atoms in total. The van der Waals surface area contributed by atoms with Gasteiger partial charge in [-0.2, -0.15) is 9.49 Å². The Kier molecular flexibility index (Phi) is 4.90. The fourth-order valence-corrected chi connectivity index (χ4v) is 2.93. The molecule has 3 atom stereocenters. The molecule has 3 rings (SSSR count). The number of quaternary nitrogens is 1. The first-order valence-corrected chi connectivity index (χ1v) is 7.76. The third-order valence-electron chi connectivity index (χ3n) is 4.33. The average Bonchev–Trinajstić information content (AvgIpc) is 3.06. The van der Waals surface area contributed by atoms with Crippen molar-refractivity contribution in [2.45, 2.75) is 19.1 Å². The maximum atomic E-state index is 14.4. The highest BCUT2D eigenvalue weighted by Gasteiger charge is 2.43. The molecule has 26 heavy (non-hydrogen) atoms. The highest BCUT2D eigenvalue weighted by Crippen LogP contribution is 2.36. The number of aromatic nitrogens is 3. The molecule has 0 amide bonds. The van der Waals surface area contributed by atoms with Crippen LogP contribution in [0.15, 0.2) is 47.9 Å². The van der Waals surface area contributed by atoms with E-state index < -0.39 is 34.0 Å². The number of aliphatic hydroxyl groups is 1. The summed E-state index contributed by atoms with van der Waals surface area (Å²) < 4.78 is 43.2. The third kappa shape index (κ3) is 3.39. The molecule has 0 saturated heterocycles. The van der Waals surface area contributed by atoms with Gasteiger partial charge in [0.1, 0.15) is 36.1 Å². The number of aliphatic imine (C=N–C) groups is 1. The van der Waals surface area contributed by atoms with Crippen LogP contribution in [0.4, 0.5) is 13.2 Å². The van der Waals surface area contributed by atoms with Crippen molar-refractivity contribution < 1.29 is 23.3 Å². The molecule has 0 spiro atoms. The largest absolute Gasteiger partial charge is 0.628 e. The summed E-state index contributed by atoms with van der Waals surface area (Å²) in [5, 5.41) is 26.0. The van der Waals surface area contributed by atoms with Crippen LogP contribution in [-0.2, 0) is 12.1 Å². The molecule has 1 aliphatic rings. The predicted molar refractivity (Wildman–Crippen MR) is 85.3 cm³/mol. The molecule has 10 heteroatoms. The minimum Gasteiger partial charge on any atom is -0.628 e. The molecule has 2 aromatic rings. The summed E-state index contributed by atoms with van der Waals surface area (Å²) in [4.78, 5) is 7.64. The second kappa shape index (κ2) is 6.98. The van der Waals surface area contributed by atoms with Gasteiger partial charge in [0.05, 0.1) is 12.3 Å². The van der Waals surface area contributed by atoms with Crippen LogP contribution in [0.1, 0.15) is 12.5 Å². The first-order chi connectivity index (χ1) is 12.3. The predicted octanol–water partition coefficient (Wildman–Crippen LogP) is 0.686. The summed E-state index contributed by atoms with van der Waals surface area (Å²) in [5.74, 6) is -3.76. The van der Waals surface area contributed by atoms with E-state index in [0.717, 1.165) is 18.3 Å². The molecule has 138 valence electrons. The molecule has 2 N–H and O–H groups in total. The van der Waals surface area contributed by atoms with Gasteiger partial charge in [0.25, 0.3) is 0 Å². The van der Waals surface area contributed by atoms with Crippen molar-refractivity contribution in [2.24, 2.45) is 10.9 Å². The fourth-order valence-electron chi connectivity index (χ4n) is 2.93. The number of hydrogen-bond acceptors (Lipinski definition) is 5. The second-order valence-corrected chi connectivity index (χ2v) is 6.02. The Balaban J connectivity index is 2.07. The van der Waals surface area contributed by atoms with Crippen molar-refractivity contribution in [3.8, 4) is 0 Å². The van der Waals surface area contributed by atoms with Crippen molar-refractivity contribution >= 4 is 5.71 Å². The summed E-state index contributed by atoms with van der Waals surface area (Å²) >= 11 is 0. The Morgan fingerprint density at radius 3 is 2.77 bits per heavy atom. The average molecular weight is 367 g/mol. The highest BCUT2D eigenvalue weighted by molar-refractivity contribution is 6.00. The highest BCUT2D eigenvalue weighted by atomic mass is 19.1. The Labute approximate surface area is 146 Å². The number of nitrogens with one attached hydrogen (secondary N) is 1. The quantitative estimate of drug-likeness (QED) is 0.761. The van der Waals surface area contributed by atoms with Gasteiger partial charge in [0.2, 0.25) is 0 Å². The van der Waals surface area contributed by atoms with E-state index in [4.69, 9.17) is 0 Å². The summed E-state index contributed by atoms with van der Waals surface area (Å²) in [6.07, 6.45) is 3.32. The van der Waals surface area contributed by atoms with Gasteiger partial charge in [-0.3, -0.25) is 0 Å². The van der Waals surface area contributed by atoms with E-state index in [2.05, 4.69) is 15.1 Å². The Morgan fingerprint density at radius 1 is 1.38 bits per heavy atom. The molecule has 0 bridgehead atoms. The lowest BCUT2D eigenvalue weighted by molar-refractivity contribution is -0.791. The van der Waals surface area contributed by atoms with Crippen LogP contribution in [0.2, 0.25) is 0 Å². The van der Waals surface area contributed by atoms with Gasteiger partial charge < -0.3 is 15.4 Å². The van der Waals surface area contributed by atoms with Crippen LogP contribution in [-0.4, -0.2) is 32.3 Å². The molecule has 1 aromatic heterocycles. The zero-order valence-electron chi connectivity index (χ0n) is 13.7. The summed E-state index contributed by atoms with van der Waals surface area (Å²) in [5.41, 5.74) is -2.43. The van der Waals surface area contributed by atoms with Crippen LogP contribution in [0.3, 0.4) is 0 Å². The van der Waals surface area contributed by atoms with E-state index in [1.54, 1.807) is 0 Å². The lowest BCUT2D eigenvalue weighted by Gasteiger charge is -2.36. The monoisotopic (exact) mass is 367 g/mol. The van der Waals surface area contributed by atoms with Gasteiger partial charge >= 0.3 is 0 Å². The lowest BCUT2D eigenvalue weighted by atomic mass is 9.78. The molecule has 1 aliphatic heterocycles. The number of halogens is 3. The third-order valence-corrected chi connectivity index (χ3v) is 4.33. The first-order valence-electron chi connectivity index (χ1n) is 7.76. The zero-order valence-corrected chi connectivity index (χ0v) is 13.7. The minimum atomic E-state index is -2.02. The Bertz CT molecular complexity index is 856. The summed E-state index contributed by atoms with van der Waals surface area (Å²) in [6.45, 7) is 0.900. The molecule has 3 unspecified atom stereocenters. The van der Waals surface area contributed by atoms with Gasteiger partial charge in [0, 0.05) is 17.5 Å². The van der Waals surface area contributed by atoms with Crippen molar-refractivity contribution in [1.29, 1.82) is 0 Å². The standard InChI is InChI=1S/C16H16F3N5O2/c1-10(15-14(19)5-24(26)9-21-15)16(25,6-23-8-20-7-22-23)12-3-2-11(17)4-13(12)18/h2-5,7-8,10,24-25H,6,9H2,1H3. The van der Waals surface area contributed by atoms with E-state index >= 15 is 0 Å². The van der Waals surface area contributed by atoms with E-state index in [1.165, 1.54) is 24.3 Å². The number of hydroxylamine groups is 2. The topological polar surface area (TPSA) is 90.8 Å². The van der Waals surface area contributed by atoms with Gasteiger partial charge in [-0.25, -0.2) is 23.4 Å². The summed E-state index contributed by atoms with van der Waals surface area (Å²) in [7, 11) is 0. The number of benzene rings is 1. The van der Waals surface area contributed by atoms with Crippen molar-refractivity contribution in [3.63, 3.8) is 0 Å². The molecule has 0 fully saturated rings. The Morgan fingerprint density at radius 2 is 2.15 bits per heavy atom. The lowest BCUT2D eigenvalue weighted by Crippen LogP contribution is -3.02. The second-order valence-electron chi connectivity index (χ2n) is 6.02. The van der Waals surface area contributed by atoms with Crippen molar-refractivity contribution in [2.75, 3.05) is 6.67 Å². The smallest absolute Gasteiger partial charge is 0.197 e. The van der Waals surface area contributed by atoms with Gasteiger partial charge in [0.15, 0.2) is 12.5 Å². The molecule has 0 aliphatic carbocycles. The fraction of sp³-hybridized carbons (Fsp3) is 0.312. The van der Waals surface area contributed by atoms with Gasteiger partial charge in [-0.05, 0) is 6.07 Å². The molecule has 0 radical (unpaired) electrons. The maximum Gasteiger partial charge on any atom is 0.197 e. The van der Waals surface area contributed by atoms with Gasteiger partial charge in [-0.15, -0.1) is 0 Å². The first kappa shape index (κ1) is 18.2. The van der Waals surface area contributed by atoms with Gasteiger partial charge in [-0.1, -0.05) is 13.0 Å². The van der Waals surface area contributed by atoms with E-state index in [-0.39, 0.29) is 24.5 Å². The molecule has 0 saturated carbocycles. The molecule has 1 aromatic carbocycles. The van der Waals surface area contributed by atoms with Crippen LogP contribution in [0, 0.1) is 22.8 Å². The normalized spacial score (nSPS) is 20.9. The van der Waals surface area contributed by atoms with E-state index in [1.807, 2.05) is 0 Å². The number of nitrogens with zero attached hydrogens (tertiary/aromatic N) is 4. The van der Waals surface area contributed by atoms with Crippen LogP contribution >= 0.6 is 0 Å². The van der Waals surface area contributed by atoms with E-state index in [0.29, 0.717) is 6.07 Å². The van der Waals surface area contributed by atoms with Crippen LogP contribution < -0.4 is 5.06 Å². The number of allylic oxidation sites excluding steroid dienone is 1. The SMILES string of the molecule is CC(C1=NC[NH+]([O-])C=C1F)C(O)(Cn1cncn1)c1ccc(F)cc1F. The van der Waals surface area contributed by atoms with Crippen LogP contribution in [0.5, 0.6) is 0 Å². The molecule has 2 heterocycles. The molecular weight excluding hydrogens is 351 g/mol. The zero-order chi connectivity index (χ0) is 18.9. The number of rotatable bonds is 5. The van der Waals surface area contributed by atoms with E-state index in [9.17, 15) is 23.5 Å². The maximum absolute atomic E-state index is 14.4. The summed E-state index contributed by atoms with van der Waals surface area (Å²) in [6, 6.07) is 2.72. The van der Waals surface area contributed by atoms with Crippen LogP contribution in [0.25, 0.3) is 0 Å². The van der Waals surface area contributed by atoms with Crippen molar-refractivity contribution in [1.82, 2.24) is 14.8 Å². The van der Waals surface area contributed by atoms with Crippen molar-refractivity contribution in [3.05, 3.63) is 65.3 Å². The number of hydrogen-bond donors (Lipinski definition) is 2. The Hall–Kier alpha value is -2.56. The molecular formula is C16H16F3N5O2.